The highest BCUT2D eigenvalue weighted by Crippen LogP contribution is 2.26. The molecule has 43 heavy (non-hydrogen) atoms. The molecule has 3 N–H and O–H groups in total. The van der Waals surface area contributed by atoms with Crippen molar-refractivity contribution in [3.8, 4) is 12.8 Å². The zero-order valence-electron chi connectivity index (χ0n) is 25.5. The van der Waals surface area contributed by atoms with Crippen molar-refractivity contribution in [2.75, 3.05) is 19.3 Å². The van der Waals surface area contributed by atoms with Gasteiger partial charge in [0.2, 0.25) is 0 Å². The number of terminal acetylenes is 1. The molecule has 0 fully saturated rings. The van der Waals surface area contributed by atoms with Gasteiger partial charge in [-0.1, -0.05) is 6.58 Å². The van der Waals surface area contributed by atoms with Crippen molar-refractivity contribution >= 4 is 53.2 Å². The lowest BCUT2D eigenvalue weighted by molar-refractivity contribution is -0.441. The smallest absolute Gasteiger partial charge is 0.406 e. The number of carbonyl (C=O) groups is 2. The van der Waals surface area contributed by atoms with Gasteiger partial charge in [-0.3, -0.25) is 14.8 Å². The van der Waals surface area contributed by atoms with Crippen LogP contribution in [0, 0.1) is 18.7 Å². The third kappa shape index (κ3) is 11.7. The van der Waals surface area contributed by atoms with Crippen molar-refractivity contribution in [2.45, 2.75) is 52.7 Å². The first-order valence-corrected chi connectivity index (χ1v) is 14.5. The monoisotopic (exact) mass is 610 g/mol. The highest BCUT2D eigenvalue weighted by atomic mass is 32.2. The van der Waals surface area contributed by atoms with Crippen molar-refractivity contribution in [2.24, 2.45) is 10.7 Å². The summed E-state index contributed by atoms with van der Waals surface area (Å²) in [6, 6.07) is 1.61. The number of halogens is 1. The van der Waals surface area contributed by atoms with Gasteiger partial charge in [-0.15, -0.1) is 29.2 Å². The van der Waals surface area contributed by atoms with E-state index >= 15 is 0 Å². The zero-order chi connectivity index (χ0) is 32.6. The number of ether oxygens (including phenoxy) is 1. The summed E-state index contributed by atoms with van der Waals surface area (Å²) in [6.45, 7) is 15.7. The van der Waals surface area contributed by atoms with Gasteiger partial charge in [-0.05, 0) is 58.9 Å². The number of imidazole rings is 1. The lowest BCUT2D eigenvalue weighted by atomic mass is 10.2. The van der Waals surface area contributed by atoms with Crippen LogP contribution in [0.5, 0.6) is 0 Å². The second-order valence-corrected chi connectivity index (χ2v) is 10.8. The van der Waals surface area contributed by atoms with Gasteiger partial charge in [0, 0.05) is 54.5 Å². The van der Waals surface area contributed by atoms with Crippen LogP contribution >= 0.6 is 11.8 Å². The van der Waals surface area contributed by atoms with Crippen molar-refractivity contribution in [1.82, 2.24) is 19.9 Å². The molecule has 0 radical (unpaired) electrons. The predicted octanol–water partition coefficient (Wildman–Crippen LogP) is 4.98. The number of aromatic nitrogens is 3. The molecule has 12 heteroatoms. The molecular weight excluding hydrogens is 569 g/mol. The Balaban J connectivity index is 0.000000514. The van der Waals surface area contributed by atoms with Crippen molar-refractivity contribution in [3.63, 3.8) is 0 Å². The Bertz CT molecular complexity index is 1400. The van der Waals surface area contributed by atoms with E-state index in [1.54, 1.807) is 52.4 Å². The number of hydrogen-bond donors (Lipinski definition) is 2. The number of aliphatic imine (C=N–C) groups is 1. The molecule has 2 aromatic rings. The average molecular weight is 611 g/mol. The van der Waals surface area contributed by atoms with E-state index < -0.39 is 11.7 Å². The van der Waals surface area contributed by atoms with E-state index in [4.69, 9.17) is 10.5 Å². The van der Waals surface area contributed by atoms with E-state index in [1.807, 2.05) is 16.9 Å². The minimum absolute atomic E-state index is 0.250. The summed E-state index contributed by atoms with van der Waals surface area (Å²) < 4.78 is 21.9. The van der Waals surface area contributed by atoms with Crippen molar-refractivity contribution in [1.29, 1.82) is 0 Å². The Kier molecular flexibility index (Phi) is 15.4. The number of nitrogens with zero attached hydrogens (tertiary/aromatic N) is 5. The summed E-state index contributed by atoms with van der Waals surface area (Å²) in [5, 5.41) is 2.88. The van der Waals surface area contributed by atoms with Gasteiger partial charge < -0.3 is 20.4 Å². The second-order valence-electron chi connectivity index (χ2n) is 9.97. The Morgan fingerprint density at radius 2 is 2.07 bits per heavy atom. The summed E-state index contributed by atoms with van der Waals surface area (Å²) in [5.74, 6) is -0.591. The van der Waals surface area contributed by atoms with Crippen molar-refractivity contribution < 1.29 is 23.3 Å². The normalized spacial score (nSPS) is 13.2. The lowest BCUT2D eigenvalue weighted by Gasteiger charge is -2.16. The van der Waals surface area contributed by atoms with Gasteiger partial charge in [0.25, 0.3) is 5.71 Å². The molecule has 0 aromatic carbocycles. The molecule has 2 aromatic heterocycles. The third-order valence-electron chi connectivity index (χ3n) is 5.57. The topological polar surface area (TPSA) is 128 Å². The first-order chi connectivity index (χ1) is 20.4. The molecule has 0 aliphatic carbocycles. The van der Waals surface area contributed by atoms with E-state index in [2.05, 4.69) is 46.4 Å². The maximum Gasteiger partial charge on any atom is 0.597 e. The molecule has 2 amide bonds. The SMILES string of the molecule is C#C.C=Cc1ncn(CCNC(=O)C2=[N+](C(=O)OC(C)(C)C)CCC2)c1/C=C(\C)N.C=N/C=C(\SC)c1ccncc1F. The Hall–Kier alpha value is -4.50. The van der Waals surface area contributed by atoms with E-state index in [0.29, 0.717) is 43.0 Å². The average Bonchev–Trinajstić information content (AvgIpc) is 3.60. The number of allylic oxidation sites excluding steroid dienone is 1. The summed E-state index contributed by atoms with van der Waals surface area (Å²) in [4.78, 5) is 37.2. The Morgan fingerprint density at radius 3 is 2.63 bits per heavy atom. The summed E-state index contributed by atoms with van der Waals surface area (Å²) in [6.07, 6.45) is 20.1. The molecule has 0 saturated heterocycles. The molecule has 1 aliphatic rings. The highest BCUT2D eigenvalue weighted by molar-refractivity contribution is 8.07. The minimum Gasteiger partial charge on any atom is -0.406 e. The molecule has 0 unspecified atom stereocenters. The van der Waals surface area contributed by atoms with Gasteiger partial charge in [-0.2, -0.15) is 4.79 Å². The standard InChI is InChI=1S/C20H29N5O3.C9H9FN2S.C2H2/c1-6-15-17(12-14(2)21)24(13-23-15)11-9-22-18(26)16-8-7-10-25(16)19(27)28-20(3,4)5;1-11-6-9(13-2)7-3-4-12-5-8(7)10;1-2/h6,12-13H,1,7-11,21H2,2-5H3;3-6H,1H2,2H3;1-2H/p+1/b14-12+;9-6-;. The molecule has 0 atom stereocenters. The molecule has 3 heterocycles. The number of amides is 2. The maximum atomic E-state index is 13.2. The Labute approximate surface area is 257 Å². The number of nitrogens with two attached hydrogens (primary N) is 1. The molecule has 0 spiro atoms. The number of hydrogen-bond acceptors (Lipinski definition) is 8. The maximum absolute atomic E-state index is 13.2. The molecule has 0 bridgehead atoms. The van der Waals surface area contributed by atoms with Gasteiger partial charge in [0.05, 0.1) is 23.9 Å². The quantitative estimate of drug-likeness (QED) is 0.233. The largest absolute Gasteiger partial charge is 0.597 e. The van der Waals surface area contributed by atoms with Gasteiger partial charge in [0.15, 0.2) is 6.54 Å². The van der Waals surface area contributed by atoms with Gasteiger partial charge in [-0.25, -0.2) is 9.37 Å². The summed E-state index contributed by atoms with van der Waals surface area (Å²) in [5.41, 5.74) is 8.37. The molecule has 0 saturated carbocycles. The van der Waals surface area contributed by atoms with E-state index in [1.165, 1.54) is 28.7 Å². The highest BCUT2D eigenvalue weighted by Gasteiger charge is 2.37. The molecule has 3 rings (SSSR count). The van der Waals surface area contributed by atoms with E-state index in [-0.39, 0.29) is 11.7 Å². The fourth-order valence-corrected chi connectivity index (χ4v) is 4.39. The fourth-order valence-electron chi connectivity index (χ4n) is 3.83. The molecule has 230 valence electrons. The number of nitrogens with one attached hydrogen (secondary N) is 1. The number of rotatable bonds is 9. The summed E-state index contributed by atoms with van der Waals surface area (Å²) in [7, 11) is 0. The second kappa shape index (κ2) is 18.1. The van der Waals surface area contributed by atoms with Crippen LogP contribution in [0.3, 0.4) is 0 Å². The van der Waals surface area contributed by atoms with Crippen molar-refractivity contribution in [3.05, 3.63) is 66.0 Å². The fraction of sp³-hybridized carbons (Fsp3) is 0.355. The molecule has 1 aliphatic heterocycles. The van der Waals surface area contributed by atoms with Crippen LogP contribution < -0.4 is 11.1 Å². The van der Waals surface area contributed by atoms with Crippen LogP contribution in [-0.4, -0.2) is 68.5 Å². The molecule has 10 nitrogen and oxygen atoms in total. The first kappa shape index (κ1) is 36.5. The summed E-state index contributed by atoms with van der Waals surface area (Å²) >= 11 is 1.42. The van der Waals surface area contributed by atoms with Crippen LogP contribution in [0.4, 0.5) is 9.18 Å². The van der Waals surface area contributed by atoms with E-state index in [0.717, 1.165) is 22.7 Å². The lowest BCUT2D eigenvalue weighted by Crippen LogP contribution is -2.39. The first-order valence-electron chi connectivity index (χ1n) is 13.3. The van der Waals surface area contributed by atoms with Crippen LogP contribution in [0.2, 0.25) is 0 Å². The van der Waals surface area contributed by atoms with Crippen LogP contribution in [-0.2, 0) is 16.1 Å². The van der Waals surface area contributed by atoms with Gasteiger partial charge in [0.1, 0.15) is 11.4 Å². The van der Waals surface area contributed by atoms with Crippen LogP contribution in [0.25, 0.3) is 17.1 Å². The van der Waals surface area contributed by atoms with Crippen LogP contribution in [0.15, 0.2) is 48.3 Å². The van der Waals surface area contributed by atoms with Crippen LogP contribution in [0.1, 0.15) is 57.5 Å². The van der Waals surface area contributed by atoms with Gasteiger partial charge >= 0.3 is 12.0 Å². The minimum atomic E-state index is -0.601. The number of thioether (sulfide) groups is 1. The van der Waals surface area contributed by atoms with E-state index in [9.17, 15) is 14.0 Å². The molecular formula is C31H41FN7O3S+. The number of carbonyl (C=O) groups excluding carboxylic acids is 2. The Morgan fingerprint density at radius 1 is 1.37 bits per heavy atom. The number of pyridine rings is 1. The third-order valence-corrected chi connectivity index (χ3v) is 6.33. The predicted molar refractivity (Wildman–Crippen MR) is 174 cm³/mol. The zero-order valence-corrected chi connectivity index (χ0v) is 26.3.